The molecule has 4 fully saturated rings. The highest BCUT2D eigenvalue weighted by molar-refractivity contribution is 5.96. The van der Waals surface area contributed by atoms with Crippen LogP contribution >= 0.6 is 0 Å². The van der Waals surface area contributed by atoms with Crippen molar-refractivity contribution in [3.8, 4) is 0 Å². The lowest BCUT2D eigenvalue weighted by atomic mass is 9.33. The molecule has 1 aromatic carbocycles. The van der Waals surface area contributed by atoms with Gasteiger partial charge < -0.3 is 20.5 Å². The van der Waals surface area contributed by atoms with Gasteiger partial charge in [-0.05, 0) is 115 Å². The van der Waals surface area contributed by atoms with Gasteiger partial charge in [0, 0.05) is 18.4 Å². The van der Waals surface area contributed by atoms with E-state index in [-0.39, 0.29) is 69.0 Å². The molecule has 10 atom stereocenters. The van der Waals surface area contributed by atoms with Crippen LogP contribution < -0.4 is 10.6 Å². The number of fused-ring (bicyclic) bond motifs is 7. The van der Waals surface area contributed by atoms with Crippen molar-refractivity contribution in [3.63, 3.8) is 0 Å². The van der Waals surface area contributed by atoms with Crippen LogP contribution in [0.2, 0.25) is 0 Å². The first-order valence-corrected chi connectivity index (χ1v) is 18.5. The Kier molecular flexibility index (Phi) is 8.71. The van der Waals surface area contributed by atoms with E-state index in [4.69, 9.17) is 4.74 Å². The zero-order chi connectivity index (χ0) is 35.8. The Morgan fingerprint density at radius 3 is 2.24 bits per heavy atom. The number of carbonyl (C=O) groups is 4. The number of urea groups is 1. The summed E-state index contributed by atoms with van der Waals surface area (Å²) >= 11 is 0. The van der Waals surface area contributed by atoms with Gasteiger partial charge in [0.05, 0.1) is 12.5 Å². The molecule has 0 aliphatic heterocycles. The SMILES string of the molecule is COC(=O)[C@@]1(C)CC[C@]2(C)CC[C@]3(C)C(=CC(=O)[C@@H]4[C@@]5(C)CCC(NC(=O)N[C@@H](Cc6ccccc6)C(=O)O)C(C)(C)[C@@H]5CC[C@]43C)C2C1. The smallest absolute Gasteiger partial charge is 0.326 e. The van der Waals surface area contributed by atoms with Gasteiger partial charge in [-0.25, -0.2) is 9.59 Å². The molecule has 2 unspecified atom stereocenters. The van der Waals surface area contributed by atoms with E-state index in [1.165, 1.54) is 12.7 Å². The molecule has 6 rings (SSSR count). The Morgan fingerprint density at radius 1 is 0.918 bits per heavy atom. The monoisotopic (exact) mass is 674 g/mol. The molecule has 5 aliphatic rings. The molecule has 5 aliphatic carbocycles. The van der Waals surface area contributed by atoms with Gasteiger partial charge in [0.15, 0.2) is 5.78 Å². The van der Waals surface area contributed by atoms with E-state index in [0.29, 0.717) is 0 Å². The normalized spacial score (nSPS) is 41.4. The molecule has 0 spiro atoms. The third-order valence-corrected chi connectivity index (χ3v) is 15.5. The van der Waals surface area contributed by atoms with Gasteiger partial charge in [-0.2, -0.15) is 0 Å². The van der Waals surface area contributed by atoms with Crippen LogP contribution in [0, 0.1) is 50.2 Å². The number of carboxylic acids is 1. The molecular formula is C41H58N2O6. The summed E-state index contributed by atoms with van der Waals surface area (Å²) in [6, 6.07) is 7.68. The molecular weight excluding hydrogens is 616 g/mol. The van der Waals surface area contributed by atoms with Crippen LogP contribution in [0.25, 0.3) is 0 Å². The van der Waals surface area contributed by atoms with Crippen LogP contribution in [0.4, 0.5) is 4.79 Å². The molecule has 2 amide bonds. The Labute approximate surface area is 292 Å². The first kappa shape index (κ1) is 35.7. The highest BCUT2D eigenvalue weighted by atomic mass is 16.5. The van der Waals surface area contributed by atoms with E-state index in [9.17, 15) is 24.3 Å². The minimum atomic E-state index is -1.07. The van der Waals surface area contributed by atoms with Gasteiger partial charge in [-0.3, -0.25) is 9.59 Å². The summed E-state index contributed by atoms with van der Waals surface area (Å²) in [4.78, 5) is 53.2. The fraction of sp³-hybridized carbons (Fsp3) is 0.707. The van der Waals surface area contributed by atoms with Crippen molar-refractivity contribution in [2.45, 2.75) is 125 Å². The molecule has 0 aromatic heterocycles. The summed E-state index contributed by atoms with van der Waals surface area (Å²) in [6.07, 6.45) is 10.3. The second-order valence-corrected chi connectivity index (χ2v) is 18.4. The number of ketones is 1. The number of benzene rings is 1. The number of esters is 1. The van der Waals surface area contributed by atoms with Gasteiger partial charge >= 0.3 is 18.0 Å². The lowest BCUT2D eigenvalue weighted by Crippen LogP contribution is -2.68. The molecule has 49 heavy (non-hydrogen) atoms. The first-order chi connectivity index (χ1) is 22.8. The quantitative estimate of drug-likeness (QED) is 0.269. The number of hydrogen-bond acceptors (Lipinski definition) is 5. The highest BCUT2D eigenvalue weighted by Crippen LogP contribution is 2.75. The van der Waals surface area contributed by atoms with E-state index in [2.05, 4.69) is 52.2 Å². The molecule has 8 nitrogen and oxygen atoms in total. The van der Waals surface area contributed by atoms with Crippen molar-refractivity contribution < 1.29 is 29.0 Å². The molecule has 0 bridgehead atoms. The number of carboxylic acid groups (broad SMARTS) is 1. The number of hydrogen-bond donors (Lipinski definition) is 3. The number of aliphatic carboxylic acids is 1. The second kappa shape index (κ2) is 12.0. The van der Waals surface area contributed by atoms with E-state index < -0.39 is 23.5 Å². The molecule has 1 aromatic rings. The molecule has 0 heterocycles. The maximum absolute atomic E-state index is 14.7. The number of nitrogens with one attached hydrogen (secondary N) is 2. The number of amides is 2. The standard InChI is InChI=1S/C41H58N2O6/c1-36(2)30-14-17-41(7)32(29(44)23-26-27-24-38(4,34(47)49-8)19-18-37(27,3)20-21-40(26,41)6)39(30,5)16-15-31(36)43-35(48)42-28(33(45)46)22-25-12-10-9-11-13-25/h9-13,23,27-28,30-32H,14-22,24H2,1-8H3,(H,45,46)(H2,42,43,48)/t27?,28-,30-,31?,32+,37+,38-,39-,40+,41+/m0/s1. The van der Waals surface area contributed by atoms with Crippen molar-refractivity contribution in [1.82, 2.24) is 10.6 Å². The van der Waals surface area contributed by atoms with Gasteiger partial charge in [0.25, 0.3) is 0 Å². The highest BCUT2D eigenvalue weighted by Gasteiger charge is 2.70. The largest absolute Gasteiger partial charge is 0.480 e. The van der Waals surface area contributed by atoms with Gasteiger partial charge in [-0.1, -0.05) is 77.4 Å². The van der Waals surface area contributed by atoms with E-state index in [1.54, 1.807) is 0 Å². The van der Waals surface area contributed by atoms with Crippen molar-refractivity contribution in [2.24, 2.45) is 50.2 Å². The van der Waals surface area contributed by atoms with E-state index >= 15 is 0 Å². The fourth-order valence-electron chi connectivity index (χ4n) is 12.3. The predicted octanol–water partition coefficient (Wildman–Crippen LogP) is 7.50. The minimum absolute atomic E-state index is 0.0660. The summed E-state index contributed by atoms with van der Waals surface area (Å²) in [7, 11) is 1.48. The third kappa shape index (κ3) is 5.45. The summed E-state index contributed by atoms with van der Waals surface area (Å²) < 4.78 is 5.29. The summed E-state index contributed by atoms with van der Waals surface area (Å²) in [5.41, 5.74) is 0.704. The lowest BCUT2D eigenvalue weighted by Gasteiger charge is -2.70. The number of carbonyl (C=O) groups excluding carboxylic acids is 3. The van der Waals surface area contributed by atoms with Gasteiger partial charge in [0.1, 0.15) is 6.04 Å². The molecule has 0 radical (unpaired) electrons. The van der Waals surface area contributed by atoms with Crippen molar-refractivity contribution >= 4 is 23.8 Å². The zero-order valence-electron chi connectivity index (χ0n) is 30.9. The van der Waals surface area contributed by atoms with Crippen molar-refractivity contribution in [1.29, 1.82) is 0 Å². The zero-order valence-corrected chi connectivity index (χ0v) is 30.9. The van der Waals surface area contributed by atoms with Crippen molar-refractivity contribution in [3.05, 3.63) is 47.5 Å². The number of rotatable bonds is 6. The van der Waals surface area contributed by atoms with Crippen LogP contribution in [0.5, 0.6) is 0 Å². The maximum atomic E-state index is 14.7. The topological polar surface area (TPSA) is 122 Å². The Hall–Kier alpha value is -3.16. The maximum Gasteiger partial charge on any atom is 0.326 e. The van der Waals surface area contributed by atoms with Crippen LogP contribution in [0.1, 0.15) is 112 Å². The number of ether oxygens (including phenoxy) is 1. The first-order valence-electron chi connectivity index (χ1n) is 18.5. The van der Waals surface area contributed by atoms with Gasteiger partial charge in [-0.15, -0.1) is 0 Å². The summed E-state index contributed by atoms with van der Waals surface area (Å²) in [5.74, 6) is -0.736. The fourth-order valence-corrected chi connectivity index (χ4v) is 12.3. The molecule has 3 N–H and O–H groups in total. The van der Waals surface area contributed by atoms with Crippen LogP contribution in [-0.2, 0) is 25.5 Å². The number of allylic oxidation sites excluding steroid dienone is 2. The summed E-state index contributed by atoms with van der Waals surface area (Å²) in [5, 5.41) is 15.8. The van der Waals surface area contributed by atoms with Crippen LogP contribution in [0.3, 0.4) is 0 Å². The summed E-state index contributed by atoms with van der Waals surface area (Å²) in [6.45, 7) is 16.0. The Balaban J connectivity index is 1.25. The molecule has 268 valence electrons. The van der Waals surface area contributed by atoms with Crippen LogP contribution in [-0.4, -0.2) is 48.1 Å². The Morgan fingerprint density at radius 2 is 1.59 bits per heavy atom. The average molecular weight is 675 g/mol. The molecule has 0 saturated heterocycles. The average Bonchev–Trinajstić information content (AvgIpc) is 3.04. The Bertz CT molecular complexity index is 1550. The van der Waals surface area contributed by atoms with Crippen LogP contribution in [0.15, 0.2) is 42.0 Å². The molecule has 4 saturated carbocycles. The minimum Gasteiger partial charge on any atom is -0.480 e. The number of methoxy groups -OCH3 is 1. The van der Waals surface area contributed by atoms with Crippen molar-refractivity contribution in [2.75, 3.05) is 7.11 Å². The third-order valence-electron chi connectivity index (χ3n) is 15.5. The lowest BCUT2D eigenvalue weighted by molar-refractivity contribution is -0.189. The second-order valence-electron chi connectivity index (χ2n) is 18.4. The van der Waals surface area contributed by atoms with E-state index in [0.717, 1.165) is 63.4 Å². The van der Waals surface area contributed by atoms with Gasteiger partial charge in [0.2, 0.25) is 0 Å². The molecule has 8 heteroatoms. The van der Waals surface area contributed by atoms with E-state index in [1.807, 2.05) is 43.3 Å². The predicted molar refractivity (Wildman–Crippen MR) is 188 cm³/mol.